The first kappa shape index (κ1) is 20.6. The zero-order valence-corrected chi connectivity index (χ0v) is 15.5. The van der Waals surface area contributed by atoms with Crippen molar-refractivity contribution in [3.63, 3.8) is 0 Å². The van der Waals surface area contributed by atoms with Crippen LogP contribution in [0.4, 0.5) is 17.6 Å². The number of nitrogens with one attached hydrogen (secondary N) is 1. The molecule has 0 fully saturated rings. The number of amides is 1. The summed E-state index contributed by atoms with van der Waals surface area (Å²) in [5, 5.41) is 2.95. The highest BCUT2D eigenvalue weighted by molar-refractivity contribution is 8.00. The summed E-state index contributed by atoms with van der Waals surface area (Å²) in [4.78, 5) is 12.3. The van der Waals surface area contributed by atoms with Crippen molar-refractivity contribution < 1.29 is 22.4 Å². The third kappa shape index (κ3) is 4.70. The maximum atomic E-state index is 13.0. The van der Waals surface area contributed by atoms with Crippen LogP contribution in [0.25, 0.3) is 0 Å². The van der Waals surface area contributed by atoms with Crippen LogP contribution in [0.3, 0.4) is 0 Å². The first-order valence-electron chi connectivity index (χ1n) is 7.59. The lowest BCUT2D eigenvalue weighted by Gasteiger charge is -2.14. The molecule has 2 aromatic rings. The molecule has 142 valence electrons. The van der Waals surface area contributed by atoms with Gasteiger partial charge in [0.15, 0.2) is 0 Å². The van der Waals surface area contributed by atoms with Gasteiger partial charge in [0, 0.05) is 18.5 Å². The van der Waals surface area contributed by atoms with E-state index < -0.39 is 17.6 Å². The molecular weight excluding hydrogens is 394 g/mol. The molecule has 0 atom stereocenters. The van der Waals surface area contributed by atoms with Crippen molar-refractivity contribution in [1.29, 1.82) is 0 Å². The quantitative estimate of drug-likeness (QED) is 0.540. The molecule has 4 nitrogen and oxygen atoms in total. The van der Waals surface area contributed by atoms with Gasteiger partial charge >= 0.3 is 11.7 Å². The van der Waals surface area contributed by atoms with Crippen molar-refractivity contribution in [1.82, 2.24) is 15.1 Å². The summed E-state index contributed by atoms with van der Waals surface area (Å²) in [6.45, 7) is 1.99. The van der Waals surface area contributed by atoms with Crippen LogP contribution in [0.2, 0.25) is 5.02 Å². The topological polar surface area (TPSA) is 46.9 Å². The number of aromatic nitrogens is 2. The highest BCUT2D eigenvalue weighted by Crippen LogP contribution is 2.40. The number of hydrogen-bond acceptors (Lipinski definition) is 3. The molecule has 1 N–H and O–H groups in total. The first-order valence-corrected chi connectivity index (χ1v) is 8.78. The summed E-state index contributed by atoms with van der Waals surface area (Å²) in [6.07, 6.45) is -3.16. The lowest BCUT2D eigenvalue weighted by Crippen LogP contribution is -2.25. The minimum absolute atomic E-state index is 0.00708. The number of halogens is 5. The van der Waals surface area contributed by atoms with Gasteiger partial charge in [-0.1, -0.05) is 30.7 Å². The molecule has 0 radical (unpaired) electrons. The predicted molar refractivity (Wildman–Crippen MR) is 92.0 cm³/mol. The molecule has 0 aliphatic rings. The van der Waals surface area contributed by atoms with E-state index in [4.69, 9.17) is 11.6 Å². The Bertz CT molecular complexity index is 781. The van der Waals surface area contributed by atoms with Gasteiger partial charge in [0.1, 0.15) is 5.69 Å². The Kier molecular flexibility index (Phi) is 6.57. The standard InChI is InChI=1S/C16H16ClF4N3OS/c1-3-11-12(17)13(24(2)23-11)14(25)22-8-9-4-6-10(7-5-9)26-16(20,21)15(18)19/h4-7,15H,3,8H2,1-2H3,(H,22,25). The van der Waals surface area contributed by atoms with E-state index in [1.165, 1.54) is 28.9 Å². The van der Waals surface area contributed by atoms with E-state index in [0.717, 1.165) is 0 Å². The maximum Gasteiger partial charge on any atom is 0.357 e. The van der Waals surface area contributed by atoms with Crippen LogP contribution >= 0.6 is 23.4 Å². The second-order valence-electron chi connectivity index (χ2n) is 5.38. The summed E-state index contributed by atoms with van der Waals surface area (Å²) < 4.78 is 51.8. The van der Waals surface area contributed by atoms with Crippen LogP contribution in [-0.4, -0.2) is 27.4 Å². The van der Waals surface area contributed by atoms with Gasteiger partial charge < -0.3 is 5.32 Å². The summed E-state index contributed by atoms with van der Waals surface area (Å²) >= 11 is 5.93. The summed E-state index contributed by atoms with van der Waals surface area (Å²) in [6, 6.07) is 5.56. The number of thioether (sulfide) groups is 1. The van der Waals surface area contributed by atoms with Gasteiger partial charge in [0.25, 0.3) is 5.91 Å². The molecule has 1 aromatic carbocycles. The SMILES string of the molecule is CCc1nn(C)c(C(=O)NCc2ccc(SC(F)(F)C(F)F)cc2)c1Cl. The van der Waals surface area contributed by atoms with Gasteiger partial charge in [-0.3, -0.25) is 9.48 Å². The van der Waals surface area contributed by atoms with Crippen molar-refractivity contribution in [2.24, 2.45) is 7.05 Å². The number of alkyl halides is 4. The molecule has 2 rings (SSSR count). The molecule has 0 saturated carbocycles. The van der Waals surface area contributed by atoms with Gasteiger partial charge in [-0.05, 0) is 35.9 Å². The highest BCUT2D eigenvalue weighted by atomic mass is 35.5. The molecule has 1 amide bonds. The molecular formula is C16H16ClF4N3OS. The minimum Gasteiger partial charge on any atom is -0.347 e. The monoisotopic (exact) mass is 409 g/mol. The molecule has 10 heteroatoms. The smallest absolute Gasteiger partial charge is 0.347 e. The lowest BCUT2D eigenvalue weighted by molar-refractivity contribution is -0.0563. The van der Waals surface area contributed by atoms with Gasteiger partial charge in [-0.25, -0.2) is 8.78 Å². The molecule has 0 bridgehead atoms. The number of rotatable bonds is 7. The predicted octanol–water partition coefficient (Wildman–Crippen LogP) is 4.52. The van der Waals surface area contributed by atoms with E-state index in [-0.39, 0.29) is 33.9 Å². The van der Waals surface area contributed by atoms with Crippen LogP contribution in [0.5, 0.6) is 0 Å². The number of carbonyl (C=O) groups is 1. The zero-order chi connectivity index (χ0) is 19.5. The molecule has 0 saturated heterocycles. The molecule has 0 aliphatic carbocycles. The van der Waals surface area contributed by atoms with E-state index in [2.05, 4.69) is 10.4 Å². The fourth-order valence-corrected chi connectivity index (χ4v) is 3.22. The number of nitrogens with zero attached hydrogens (tertiary/aromatic N) is 2. The van der Waals surface area contributed by atoms with Crippen LogP contribution in [0, 0.1) is 0 Å². The van der Waals surface area contributed by atoms with Crippen molar-refractivity contribution in [2.45, 2.75) is 36.5 Å². The third-order valence-electron chi connectivity index (χ3n) is 3.49. The second kappa shape index (κ2) is 8.30. The summed E-state index contributed by atoms with van der Waals surface area (Å²) in [5.74, 6) is -0.424. The van der Waals surface area contributed by atoms with Gasteiger partial charge in [0.05, 0.1) is 10.7 Å². The largest absolute Gasteiger partial charge is 0.357 e. The number of hydrogen-bond donors (Lipinski definition) is 1. The number of carbonyl (C=O) groups excluding carboxylic acids is 1. The molecule has 1 heterocycles. The Balaban J connectivity index is 2.00. The molecule has 26 heavy (non-hydrogen) atoms. The average molecular weight is 410 g/mol. The Morgan fingerprint density at radius 2 is 1.96 bits per heavy atom. The van der Waals surface area contributed by atoms with Crippen LogP contribution in [-0.2, 0) is 20.0 Å². The van der Waals surface area contributed by atoms with E-state index in [0.29, 0.717) is 17.7 Å². The fraction of sp³-hybridized carbons (Fsp3) is 0.375. The third-order valence-corrected chi connectivity index (χ3v) is 4.85. The summed E-state index contributed by atoms with van der Waals surface area (Å²) in [5.41, 5.74) is 1.46. The van der Waals surface area contributed by atoms with Crippen molar-refractivity contribution in [3.8, 4) is 0 Å². The lowest BCUT2D eigenvalue weighted by atomic mass is 10.2. The van der Waals surface area contributed by atoms with Crippen LogP contribution in [0.15, 0.2) is 29.2 Å². The first-order chi connectivity index (χ1) is 12.2. The van der Waals surface area contributed by atoms with E-state index in [9.17, 15) is 22.4 Å². The molecule has 0 unspecified atom stereocenters. The average Bonchev–Trinajstić information content (AvgIpc) is 2.87. The van der Waals surface area contributed by atoms with Crippen LogP contribution in [0.1, 0.15) is 28.7 Å². The fourth-order valence-electron chi connectivity index (χ4n) is 2.17. The molecule has 0 spiro atoms. The maximum absolute atomic E-state index is 13.0. The van der Waals surface area contributed by atoms with Gasteiger partial charge in [-0.15, -0.1) is 0 Å². The molecule has 1 aromatic heterocycles. The molecule has 0 aliphatic heterocycles. The Labute approximate surface area is 156 Å². The summed E-state index contributed by atoms with van der Waals surface area (Å²) in [7, 11) is 1.61. The zero-order valence-electron chi connectivity index (χ0n) is 13.9. The van der Waals surface area contributed by atoms with Crippen molar-refractivity contribution in [2.75, 3.05) is 0 Å². The Morgan fingerprint density at radius 3 is 2.46 bits per heavy atom. The Hall–Kier alpha value is -1.74. The number of benzene rings is 1. The normalized spacial score (nSPS) is 11.8. The van der Waals surface area contributed by atoms with Crippen molar-refractivity contribution in [3.05, 3.63) is 46.2 Å². The van der Waals surface area contributed by atoms with E-state index in [1.54, 1.807) is 7.05 Å². The Morgan fingerprint density at radius 1 is 1.35 bits per heavy atom. The van der Waals surface area contributed by atoms with Crippen molar-refractivity contribution >= 4 is 29.3 Å². The van der Waals surface area contributed by atoms with Gasteiger partial charge in [0.2, 0.25) is 0 Å². The highest BCUT2D eigenvalue weighted by Gasteiger charge is 2.41. The van der Waals surface area contributed by atoms with Gasteiger partial charge in [-0.2, -0.15) is 13.9 Å². The van der Waals surface area contributed by atoms with Crippen LogP contribution < -0.4 is 5.32 Å². The van der Waals surface area contributed by atoms with E-state index >= 15 is 0 Å². The number of aryl methyl sites for hydroxylation is 2. The van der Waals surface area contributed by atoms with E-state index in [1.807, 2.05) is 6.92 Å². The minimum atomic E-state index is -4.15. The second-order valence-corrected chi connectivity index (χ2v) is 6.98.